The topological polar surface area (TPSA) is 21.3 Å². The van der Waals surface area contributed by atoms with Crippen LogP contribution in [0.2, 0.25) is 0 Å². The smallest absolute Gasteiger partial charge is 0.0587 e. The van der Waals surface area contributed by atoms with Gasteiger partial charge in [-0.15, -0.1) is 0 Å². The lowest BCUT2D eigenvalue weighted by molar-refractivity contribution is 0.197. The first kappa shape index (κ1) is 13.1. The quantitative estimate of drug-likeness (QED) is 0.760. The molecule has 1 aromatic rings. The third-order valence-corrected chi connectivity index (χ3v) is 4.68. The SMILES string of the molecule is COCCNCC1(Cc2ccc3c(c2)CCC3)CC1. The molecule has 0 saturated heterocycles. The van der Waals surface area contributed by atoms with Gasteiger partial charge in [-0.25, -0.2) is 0 Å². The largest absolute Gasteiger partial charge is 0.383 e. The Morgan fingerprint density at radius 2 is 2.05 bits per heavy atom. The van der Waals surface area contributed by atoms with Crippen molar-refractivity contribution in [2.24, 2.45) is 5.41 Å². The van der Waals surface area contributed by atoms with Crippen molar-refractivity contribution >= 4 is 0 Å². The van der Waals surface area contributed by atoms with Crippen molar-refractivity contribution in [3.05, 3.63) is 34.9 Å². The van der Waals surface area contributed by atoms with Gasteiger partial charge in [0.15, 0.2) is 0 Å². The van der Waals surface area contributed by atoms with E-state index in [4.69, 9.17) is 4.74 Å². The van der Waals surface area contributed by atoms with Gasteiger partial charge in [0.25, 0.3) is 0 Å². The molecule has 104 valence electrons. The third kappa shape index (κ3) is 3.18. The Morgan fingerprint density at radius 1 is 1.21 bits per heavy atom. The van der Waals surface area contributed by atoms with E-state index in [2.05, 4.69) is 23.5 Å². The summed E-state index contributed by atoms with van der Waals surface area (Å²) in [5.41, 5.74) is 5.29. The van der Waals surface area contributed by atoms with E-state index in [-0.39, 0.29) is 0 Å². The van der Waals surface area contributed by atoms with Crippen LogP contribution in [0.5, 0.6) is 0 Å². The number of ether oxygens (including phenoxy) is 1. The van der Waals surface area contributed by atoms with E-state index in [1.54, 1.807) is 23.8 Å². The van der Waals surface area contributed by atoms with Crippen LogP contribution in [0.4, 0.5) is 0 Å². The van der Waals surface area contributed by atoms with Crippen LogP contribution in [-0.4, -0.2) is 26.8 Å². The van der Waals surface area contributed by atoms with Gasteiger partial charge < -0.3 is 10.1 Å². The van der Waals surface area contributed by atoms with Crippen LogP contribution in [0.1, 0.15) is 36.0 Å². The maximum Gasteiger partial charge on any atom is 0.0587 e. The molecule has 0 spiro atoms. The number of fused-ring (bicyclic) bond motifs is 1. The fraction of sp³-hybridized carbons (Fsp3) is 0.647. The lowest BCUT2D eigenvalue weighted by Crippen LogP contribution is -2.28. The number of aryl methyl sites for hydroxylation is 2. The highest BCUT2D eigenvalue weighted by molar-refractivity contribution is 5.36. The van der Waals surface area contributed by atoms with Crippen molar-refractivity contribution in [1.82, 2.24) is 5.32 Å². The molecule has 0 radical (unpaired) electrons. The Balaban J connectivity index is 1.55. The van der Waals surface area contributed by atoms with E-state index in [0.717, 1.165) is 19.7 Å². The maximum atomic E-state index is 5.08. The lowest BCUT2D eigenvalue weighted by Gasteiger charge is -2.16. The highest BCUT2D eigenvalue weighted by Gasteiger charge is 2.41. The van der Waals surface area contributed by atoms with Crippen molar-refractivity contribution in [2.75, 3.05) is 26.8 Å². The summed E-state index contributed by atoms with van der Waals surface area (Å²) in [4.78, 5) is 0. The zero-order valence-corrected chi connectivity index (χ0v) is 12.0. The molecule has 2 aliphatic rings. The molecule has 2 heteroatoms. The summed E-state index contributed by atoms with van der Waals surface area (Å²) < 4.78 is 5.08. The Kier molecular flexibility index (Phi) is 3.90. The molecule has 0 heterocycles. The van der Waals surface area contributed by atoms with Crippen molar-refractivity contribution < 1.29 is 4.74 Å². The average Bonchev–Trinajstić information content (AvgIpc) is 3.01. The molecule has 2 nitrogen and oxygen atoms in total. The number of hydrogen-bond donors (Lipinski definition) is 1. The summed E-state index contributed by atoms with van der Waals surface area (Å²) in [5.74, 6) is 0. The highest BCUT2D eigenvalue weighted by atomic mass is 16.5. The Bertz CT molecular complexity index is 437. The van der Waals surface area contributed by atoms with Crippen molar-refractivity contribution in [2.45, 2.75) is 38.5 Å². The molecule has 1 N–H and O–H groups in total. The molecule has 3 rings (SSSR count). The number of nitrogens with one attached hydrogen (secondary N) is 1. The molecule has 0 amide bonds. The van der Waals surface area contributed by atoms with Gasteiger partial charge in [-0.2, -0.15) is 0 Å². The fourth-order valence-corrected chi connectivity index (χ4v) is 3.29. The summed E-state index contributed by atoms with van der Waals surface area (Å²) in [6.45, 7) is 2.94. The second-order valence-electron chi connectivity index (χ2n) is 6.30. The van der Waals surface area contributed by atoms with E-state index < -0.39 is 0 Å². The molecule has 1 saturated carbocycles. The van der Waals surface area contributed by atoms with Crippen LogP contribution in [0.3, 0.4) is 0 Å². The minimum absolute atomic E-state index is 0.542. The van der Waals surface area contributed by atoms with Crippen LogP contribution < -0.4 is 5.32 Å². The predicted octanol–water partition coefficient (Wildman–Crippen LogP) is 2.73. The Labute approximate surface area is 116 Å². The lowest BCUT2D eigenvalue weighted by atomic mass is 9.94. The van der Waals surface area contributed by atoms with Gasteiger partial charge in [0.1, 0.15) is 0 Å². The molecule has 0 unspecified atom stereocenters. The number of hydrogen-bond acceptors (Lipinski definition) is 2. The van der Waals surface area contributed by atoms with Crippen molar-refractivity contribution in [3.63, 3.8) is 0 Å². The average molecular weight is 259 g/mol. The van der Waals surface area contributed by atoms with E-state index in [9.17, 15) is 0 Å². The van der Waals surface area contributed by atoms with E-state index in [1.807, 2.05) is 0 Å². The molecule has 0 bridgehead atoms. The minimum atomic E-state index is 0.542. The van der Waals surface area contributed by atoms with E-state index in [0.29, 0.717) is 5.41 Å². The number of benzene rings is 1. The summed E-state index contributed by atoms with van der Waals surface area (Å²) in [6, 6.07) is 7.20. The first-order valence-electron chi connectivity index (χ1n) is 7.62. The molecule has 0 aliphatic heterocycles. The molecule has 19 heavy (non-hydrogen) atoms. The fourth-order valence-electron chi connectivity index (χ4n) is 3.29. The molecule has 0 atom stereocenters. The van der Waals surface area contributed by atoms with Gasteiger partial charge in [-0.05, 0) is 60.6 Å². The standard InChI is InChI=1S/C17H25NO/c1-19-10-9-18-13-17(7-8-17)12-14-5-6-15-3-2-4-16(15)11-14/h5-6,11,18H,2-4,7-10,12-13H2,1H3. The zero-order chi connectivity index (χ0) is 13.1. The highest BCUT2D eigenvalue weighted by Crippen LogP contribution is 2.48. The maximum absolute atomic E-state index is 5.08. The first-order chi connectivity index (χ1) is 9.31. The molecule has 2 aliphatic carbocycles. The first-order valence-corrected chi connectivity index (χ1v) is 7.62. The summed E-state index contributed by atoms with van der Waals surface area (Å²) >= 11 is 0. The van der Waals surface area contributed by atoms with Crippen molar-refractivity contribution in [3.8, 4) is 0 Å². The normalized spacial score (nSPS) is 19.4. The second kappa shape index (κ2) is 5.64. The van der Waals surface area contributed by atoms with Crippen LogP contribution in [0.15, 0.2) is 18.2 Å². The van der Waals surface area contributed by atoms with Gasteiger partial charge in [0.2, 0.25) is 0 Å². The van der Waals surface area contributed by atoms with Crippen LogP contribution in [0.25, 0.3) is 0 Å². The van der Waals surface area contributed by atoms with Crippen LogP contribution in [-0.2, 0) is 24.0 Å². The second-order valence-corrected chi connectivity index (χ2v) is 6.30. The third-order valence-electron chi connectivity index (χ3n) is 4.68. The number of methoxy groups -OCH3 is 1. The van der Waals surface area contributed by atoms with Gasteiger partial charge in [-0.3, -0.25) is 0 Å². The monoisotopic (exact) mass is 259 g/mol. The molecular formula is C17H25NO. The minimum Gasteiger partial charge on any atom is -0.383 e. The molecule has 0 aromatic heterocycles. The number of rotatable bonds is 7. The van der Waals surface area contributed by atoms with Crippen LogP contribution in [0, 0.1) is 5.41 Å². The zero-order valence-electron chi connectivity index (χ0n) is 12.0. The van der Waals surface area contributed by atoms with Crippen molar-refractivity contribution in [1.29, 1.82) is 0 Å². The Hall–Kier alpha value is -0.860. The van der Waals surface area contributed by atoms with Gasteiger partial charge in [0.05, 0.1) is 6.61 Å². The summed E-state index contributed by atoms with van der Waals surface area (Å²) in [5, 5.41) is 3.54. The summed E-state index contributed by atoms with van der Waals surface area (Å²) in [6.07, 6.45) is 7.94. The van der Waals surface area contributed by atoms with Gasteiger partial charge in [0, 0.05) is 20.2 Å². The Morgan fingerprint density at radius 3 is 2.84 bits per heavy atom. The van der Waals surface area contributed by atoms with E-state index >= 15 is 0 Å². The summed E-state index contributed by atoms with van der Waals surface area (Å²) in [7, 11) is 1.76. The molecule has 1 fully saturated rings. The van der Waals surface area contributed by atoms with E-state index in [1.165, 1.54) is 38.5 Å². The van der Waals surface area contributed by atoms with Crippen LogP contribution >= 0.6 is 0 Å². The molecule has 1 aromatic carbocycles. The predicted molar refractivity (Wildman–Crippen MR) is 78.6 cm³/mol. The van der Waals surface area contributed by atoms with Gasteiger partial charge >= 0.3 is 0 Å². The molecular weight excluding hydrogens is 234 g/mol. The van der Waals surface area contributed by atoms with Gasteiger partial charge in [-0.1, -0.05) is 18.2 Å².